The number of carbonyl (C=O) groups is 1. The number of phenols is 1. The maximum atomic E-state index is 12.0. The number of carbonyl (C=O) groups excluding carboxylic acids is 1. The molecule has 8 nitrogen and oxygen atoms in total. The standard InChI is InChI=1S/C18H19N3O5/c1-11-4-5-14(12(2)6-11)9-17(22)20-19-10-13-7-15(21(24)25)18(23)16(8-13)26-3/h4-8,10,23H,9H2,1-3H3,(H,20,22)/b19-10+. The number of methoxy groups -OCH3 is 1. The van der Waals surface area contributed by atoms with E-state index < -0.39 is 16.4 Å². The third-order valence-electron chi connectivity index (χ3n) is 3.75. The van der Waals surface area contributed by atoms with Crippen molar-refractivity contribution in [2.24, 2.45) is 5.10 Å². The number of amides is 1. The summed E-state index contributed by atoms with van der Waals surface area (Å²) in [4.78, 5) is 22.2. The summed E-state index contributed by atoms with van der Waals surface area (Å²) < 4.78 is 4.90. The highest BCUT2D eigenvalue weighted by Crippen LogP contribution is 2.36. The van der Waals surface area contributed by atoms with Crippen LogP contribution in [0.4, 0.5) is 5.69 Å². The number of hydrogen-bond acceptors (Lipinski definition) is 6. The molecule has 0 saturated heterocycles. The Balaban J connectivity index is 2.09. The average Bonchev–Trinajstić information content (AvgIpc) is 2.58. The Bertz CT molecular complexity index is 877. The van der Waals surface area contributed by atoms with Gasteiger partial charge in [0.15, 0.2) is 5.75 Å². The Hall–Kier alpha value is -3.42. The zero-order valence-electron chi connectivity index (χ0n) is 14.6. The van der Waals surface area contributed by atoms with Gasteiger partial charge in [-0.25, -0.2) is 5.43 Å². The number of rotatable bonds is 6. The van der Waals surface area contributed by atoms with Crippen LogP contribution < -0.4 is 10.2 Å². The van der Waals surface area contributed by atoms with E-state index in [1.54, 1.807) is 0 Å². The van der Waals surface area contributed by atoms with Crippen LogP contribution in [0.1, 0.15) is 22.3 Å². The van der Waals surface area contributed by atoms with Crippen molar-refractivity contribution in [3.8, 4) is 11.5 Å². The fraction of sp³-hybridized carbons (Fsp3) is 0.222. The molecule has 0 atom stereocenters. The monoisotopic (exact) mass is 357 g/mol. The van der Waals surface area contributed by atoms with Crippen molar-refractivity contribution < 1.29 is 19.6 Å². The molecule has 2 rings (SSSR count). The van der Waals surface area contributed by atoms with Crippen molar-refractivity contribution in [2.75, 3.05) is 7.11 Å². The molecule has 0 aliphatic carbocycles. The molecule has 0 aliphatic heterocycles. The van der Waals surface area contributed by atoms with Crippen LogP contribution in [0.25, 0.3) is 0 Å². The zero-order valence-corrected chi connectivity index (χ0v) is 14.6. The number of hydrogen-bond donors (Lipinski definition) is 2. The van der Waals surface area contributed by atoms with Gasteiger partial charge in [-0.3, -0.25) is 14.9 Å². The largest absolute Gasteiger partial charge is 0.500 e. The number of ether oxygens (including phenoxy) is 1. The minimum absolute atomic E-state index is 0.0535. The molecule has 0 aliphatic rings. The third-order valence-corrected chi connectivity index (χ3v) is 3.75. The van der Waals surface area contributed by atoms with Crippen LogP contribution in [0.15, 0.2) is 35.4 Å². The van der Waals surface area contributed by atoms with Gasteiger partial charge < -0.3 is 9.84 Å². The molecule has 8 heteroatoms. The summed E-state index contributed by atoms with van der Waals surface area (Å²) in [7, 11) is 1.28. The molecule has 1 amide bonds. The topological polar surface area (TPSA) is 114 Å². The summed E-state index contributed by atoms with van der Waals surface area (Å²) in [5, 5.41) is 24.5. The molecule has 26 heavy (non-hydrogen) atoms. The fourth-order valence-electron chi connectivity index (χ4n) is 2.42. The lowest BCUT2D eigenvalue weighted by atomic mass is 10.0. The van der Waals surface area contributed by atoms with E-state index in [1.165, 1.54) is 19.4 Å². The predicted octanol–water partition coefficient (Wildman–Crippen LogP) is 2.62. The highest BCUT2D eigenvalue weighted by Gasteiger charge is 2.19. The van der Waals surface area contributed by atoms with E-state index in [-0.39, 0.29) is 18.1 Å². The van der Waals surface area contributed by atoms with Crippen molar-refractivity contribution in [3.63, 3.8) is 0 Å². The van der Waals surface area contributed by atoms with Crippen LogP contribution in [-0.2, 0) is 11.2 Å². The van der Waals surface area contributed by atoms with E-state index in [9.17, 15) is 20.0 Å². The number of aryl methyl sites for hydroxylation is 2. The first-order valence-electron chi connectivity index (χ1n) is 7.75. The third kappa shape index (κ3) is 4.56. The Morgan fingerprint density at radius 3 is 2.69 bits per heavy atom. The summed E-state index contributed by atoms with van der Waals surface area (Å²) >= 11 is 0. The molecule has 0 fully saturated rings. The molecule has 136 valence electrons. The molecule has 0 spiro atoms. The van der Waals surface area contributed by atoms with Gasteiger partial charge in [0.2, 0.25) is 11.7 Å². The Morgan fingerprint density at radius 1 is 1.35 bits per heavy atom. The van der Waals surface area contributed by atoms with E-state index in [1.807, 2.05) is 32.0 Å². The summed E-state index contributed by atoms with van der Waals surface area (Å²) in [5.74, 6) is -0.927. The lowest BCUT2D eigenvalue weighted by Crippen LogP contribution is -2.20. The number of nitrogens with zero attached hydrogens (tertiary/aromatic N) is 2. The van der Waals surface area contributed by atoms with Crippen molar-refractivity contribution >= 4 is 17.8 Å². The number of nitrogens with one attached hydrogen (secondary N) is 1. The SMILES string of the molecule is COc1cc(/C=N/NC(=O)Cc2ccc(C)cc2C)cc([N+](=O)[O-])c1O. The van der Waals surface area contributed by atoms with Gasteiger partial charge in [-0.2, -0.15) is 5.10 Å². The summed E-state index contributed by atoms with van der Waals surface area (Å²) in [6, 6.07) is 8.33. The minimum atomic E-state index is -0.728. The molecule has 0 aromatic heterocycles. The van der Waals surface area contributed by atoms with Gasteiger partial charge in [0.05, 0.1) is 24.7 Å². The Labute approximate surface area is 150 Å². The van der Waals surface area contributed by atoms with Crippen molar-refractivity contribution in [1.29, 1.82) is 0 Å². The lowest BCUT2D eigenvalue weighted by molar-refractivity contribution is -0.386. The number of nitro groups is 1. The normalized spacial score (nSPS) is 10.7. The minimum Gasteiger partial charge on any atom is -0.500 e. The van der Waals surface area contributed by atoms with Gasteiger partial charge >= 0.3 is 5.69 Å². The van der Waals surface area contributed by atoms with E-state index in [0.717, 1.165) is 22.8 Å². The molecule has 0 bridgehead atoms. The van der Waals surface area contributed by atoms with Gasteiger partial charge in [-0.1, -0.05) is 23.8 Å². The molecule has 2 aromatic carbocycles. The quantitative estimate of drug-likeness (QED) is 0.468. The van der Waals surface area contributed by atoms with Gasteiger partial charge in [0, 0.05) is 11.6 Å². The number of benzene rings is 2. The molecule has 2 aromatic rings. The maximum absolute atomic E-state index is 12.0. The number of phenolic OH excluding ortho intramolecular Hbond substituents is 1. The summed E-state index contributed by atoms with van der Waals surface area (Å²) in [6.45, 7) is 3.91. The Kier molecular flexibility index (Phi) is 5.90. The second kappa shape index (κ2) is 8.11. The van der Waals surface area contributed by atoms with E-state index in [2.05, 4.69) is 10.5 Å². The maximum Gasteiger partial charge on any atom is 0.315 e. The number of aromatic hydroxyl groups is 1. The first kappa shape index (κ1) is 18.9. The predicted molar refractivity (Wildman–Crippen MR) is 96.7 cm³/mol. The number of hydrazone groups is 1. The van der Waals surface area contributed by atoms with Gasteiger partial charge in [-0.15, -0.1) is 0 Å². The molecular formula is C18H19N3O5. The summed E-state index contributed by atoms with van der Waals surface area (Å²) in [5.41, 5.74) is 5.20. The van der Waals surface area contributed by atoms with Gasteiger partial charge in [0.25, 0.3) is 0 Å². The first-order chi connectivity index (χ1) is 12.3. The average molecular weight is 357 g/mol. The molecular weight excluding hydrogens is 338 g/mol. The lowest BCUT2D eigenvalue weighted by Gasteiger charge is -2.06. The molecule has 0 unspecified atom stereocenters. The van der Waals surface area contributed by atoms with E-state index in [4.69, 9.17) is 4.74 Å². The zero-order chi connectivity index (χ0) is 19.3. The molecule has 2 N–H and O–H groups in total. The molecule has 0 heterocycles. The fourth-order valence-corrected chi connectivity index (χ4v) is 2.42. The smallest absolute Gasteiger partial charge is 0.315 e. The highest BCUT2D eigenvalue weighted by molar-refractivity contribution is 5.85. The van der Waals surface area contributed by atoms with E-state index in [0.29, 0.717) is 5.56 Å². The first-order valence-corrected chi connectivity index (χ1v) is 7.75. The summed E-state index contributed by atoms with van der Waals surface area (Å²) in [6.07, 6.45) is 1.41. The molecule has 0 saturated carbocycles. The van der Waals surface area contributed by atoms with Crippen LogP contribution >= 0.6 is 0 Å². The van der Waals surface area contributed by atoms with Crippen molar-refractivity contribution in [3.05, 3.63) is 62.7 Å². The Morgan fingerprint density at radius 2 is 2.08 bits per heavy atom. The second-order valence-corrected chi connectivity index (χ2v) is 5.75. The van der Waals surface area contributed by atoms with Crippen LogP contribution in [0, 0.1) is 24.0 Å². The number of nitro benzene ring substituents is 1. The van der Waals surface area contributed by atoms with Crippen LogP contribution in [0.3, 0.4) is 0 Å². The second-order valence-electron chi connectivity index (χ2n) is 5.75. The van der Waals surface area contributed by atoms with Crippen LogP contribution in [-0.4, -0.2) is 29.3 Å². The van der Waals surface area contributed by atoms with E-state index >= 15 is 0 Å². The van der Waals surface area contributed by atoms with Crippen molar-refractivity contribution in [2.45, 2.75) is 20.3 Å². The van der Waals surface area contributed by atoms with Crippen LogP contribution in [0.5, 0.6) is 11.5 Å². The highest BCUT2D eigenvalue weighted by atomic mass is 16.6. The van der Waals surface area contributed by atoms with Gasteiger partial charge in [-0.05, 0) is 31.0 Å². The van der Waals surface area contributed by atoms with Crippen LogP contribution in [0.2, 0.25) is 0 Å². The van der Waals surface area contributed by atoms with Crippen molar-refractivity contribution in [1.82, 2.24) is 5.43 Å². The molecule has 0 radical (unpaired) electrons. The van der Waals surface area contributed by atoms with Gasteiger partial charge in [0.1, 0.15) is 0 Å².